The highest BCUT2D eigenvalue weighted by atomic mass is 79.9. The van der Waals surface area contributed by atoms with Gasteiger partial charge in [0.2, 0.25) is 0 Å². The van der Waals surface area contributed by atoms with Crippen molar-refractivity contribution in [2.24, 2.45) is 0 Å². The summed E-state index contributed by atoms with van der Waals surface area (Å²) in [7, 11) is 0. The number of aromatic nitrogens is 1. The van der Waals surface area contributed by atoms with Crippen molar-refractivity contribution in [2.75, 3.05) is 0 Å². The van der Waals surface area contributed by atoms with Crippen molar-refractivity contribution in [1.82, 2.24) is 4.98 Å². The minimum atomic E-state index is -0.762. The predicted octanol–water partition coefficient (Wildman–Crippen LogP) is 2.81. The summed E-state index contributed by atoms with van der Waals surface area (Å²) in [4.78, 5) is 3.91. The Morgan fingerprint density at radius 1 is 1.43 bits per heavy atom. The van der Waals surface area contributed by atoms with E-state index in [1.807, 2.05) is 0 Å². The van der Waals surface area contributed by atoms with Crippen LogP contribution < -0.4 is 0 Å². The third-order valence-corrected chi connectivity index (χ3v) is 2.71. The fourth-order valence-corrected chi connectivity index (χ4v) is 1.39. The van der Waals surface area contributed by atoms with Gasteiger partial charge in [-0.05, 0) is 22.9 Å². The summed E-state index contributed by atoms with van der Waals surface area (Å²) in [6, 6.07) is 0. The number of nitrogens with zero attached hydrogens (tertiary/aromatic N) is 1. The van der Waals surface area contributed by atoms with E-state index >= 15 is 0 Å². The maximum absolute atomic E-state index is 13.6. The number of rotatable bonds is 1. The van der Waals surface area contributed by atoms with Crippen molar-refractivity contribution in [3.63, 3.8) is 0 Å². The maximum atomic E-state index is 13.6. The summed E-state index contributed by atoms with van der Waals surface area (Å²) in [6.07, 6.45) is 3.49. The van der Waals surface area contributed by atoms with Gasteiger partial charge in [-0.3, -0.25) is 0 Å². The summed E-state index contributed by atoms with van der Waals surface area (Å²) in [5, 5.41) is 0. The molecule has 74 valence electrons. The van der Waals surface area contributed by atoms with E-state index < -0.39 is 12.1 Å². The van der Waals surface area contributed by atoms with Gasteiger partial charge in [-0.15, -0.1) is 0 Å². The number of hydrogen-bond donors (Lipinski definition) is 0. The standard InChI is InChI=1S/C9H7BrFNO2/c1-5-6(10)4-12-8(7(5)11)9-13-2-3-14-9/h2-4,9H,1H3. The summed E-state index contributed by atoms with van der Waals surface area (Å²) in [5.41, 5.74) is 0.657. The van der Waals surface area contributed by atoms with Crippen LogP contribution in [0, 0.1) is 12.7 Å². The molecule has 0 saturated heterocycles. The van der Waals surface area contributed by atoms with Gasteiger partial charge in [0.15, 0.2) is 11.5 Å². The lowest BCUT2D eigenvalue weighted by molar-refractivity contribution is -0.0307. The Morgan fingerprint density at radius 2 is 2.07 bits per heavy atom. The molecular formula is C9H7BrFNO2. The molecule has 14 heavy (non-hydrogen) atoms. The summed E-state index contributed by atoms with van der Waals surface area (Å²) in [6.45, 7) is 1.66. The van der Waals surface area contributed by atoms with Crippen LogP contribution >= 0.6 is 15.9 Å². The summed E-state index contributed by atoms with van der Waals surface area (Å²) >= 11 is 3.19. The van der Waals surface area contributed by atoms with Crippen molar-refractivity contribution >= 4 is 15.9 Å². The Hall–Kier alpha value is -1.10. The SMILES string of the molecule is Cc1c(Br)cnc(C2OC=CO2)c1F. The zero-order valence-electron chi connectivity index (χ0n) is 7.33. The van der Waals surface area contributed by atoms with Crippen LogP contribution in [-0.2, 0) is 9.47 Å². The van der Waals surface area contributed by atoms with Gasteiger partial charge in [0.1, 0.15) is 12.5 Å². The second-order valence-corrected chi connectivity index (χ2v) is 3.66. The molecule has 5 heteroatoms. The molecule has 0 unspecified atom stereocenters. The van der Waals surface area contributed by atoms with E-state index in [4.69, 9.17) is 9.47 Å². The van der Waals surface area contributed by atoms with Crippen molar-refractivity contribution < 1.29 is 13.9 Å². The quantitative estimate of drug-likeness (QED) is 0.778. The third-order valence-electron chi connectivity index (χ3n) is 1.91. The zero-order chi connectivity index (χ0) is 10.1. The van der Waals surface area contributed by atoms with E-state index in [1.165, 1.54) is 18.7 Å². The van der Waals surface area contributed by atoms with E-state index in [0.717, 1.165) is 0 Å². The van der Waals surface area contributed by atoms with Crippen LogP contribution in [-0.4, -0.2) is 4.98 Å². The fraction of sp³-hybridized carbons (Fsp3) is 0.222. The van der Waals surface area contributed by atoms with Gasteiger partial charge in [0.25, 0.3) is 6.29 Å². The highest BCUT2D eigenvalue weighted by molar-refractivity contribution is 9.10. The van der Waals surface area contributed by atoms with Crippen molar-refractivity contribution in [3.8, 4) is 0 Å². The molecule has 0 radical (unpaired) electrons. The predicted molar refractivity (Wildman–Crippen MR) is 50.7 cm³/mol. The molecule has 0 aliphatic carbocycles. The monoisotopic (exact) mass is 259 g/mol. The highest BCUT2D eigenvalue weighted by Gasteiger charge is 2.23. The lowest BCUT2D eigenvalue weighted by atomic mass is 10.2. The average Bonchev–Trinajstić information content (AvgIpc) is 2.67. The molecule has 1 aliphatic rings. The molecule has 2 rings (SSSR count). The summed E-state index contributed by atoms with van der Waals surface area (Å²) in [5.74, 6) is -0.409. The first-order valence-electron chi connectivity index (χ1n) is 3.96. The Balaban J connectivity index is 2.39. The van der Waals surface area contributed by atoms with Gasteiger partial charge in [0, 0.05) is 16.2 Å². The first-order chi connectivity index (χ1) is 6.70. The van der Waals surface area contributed by atoms with Gasteiger partial charge < -0.3 is 9.47 Å². The van der Waals surface area contributed by atoms with Crippen molar-refractivity contribution in [3.05, 3.63) is 40.3 Å². The molecule has 2 heterocycles. The molecule has 0 N–H and O–H groups in total. The smallest absolute Gasteiger partial charge is 0.286 e. The molecule has 0 spiro atoms. The first kappa shape index (κ1) is 9.45. The molecule has 1 aromatic rings. The van der Waals surface area contributed by atoms with Crippen LogP contribution in [0.1, 0.15) is 17.5 Å². The molecule has 0 fully saturated rings. The maximum Gasteiger partial charge on any atom is 0.286 e. The molecule has 0 atom stereocenters. The Morgan fingerprint density at radius 3 is 2.71 bits per heavy atom. The van der Waals surface area contributed by atoms with Crippen molar-refractivity contribution in [2.45, 2.75) is 13.2 Å². The molecule has 0 amide bonds. The first-order valence-corrected chi connectivity index (χ1v) is 4.76. The van der Waals surface area contributed by atoms with E-state index in [2.05, 4.69) is 20.9 Å². The van der Waals surface area contributed by atoms with E-state index in [9.17, 15) is 4.39 Å². The van der Waals surface area contributed by atoms with Gasteiger partial charge >= 0.3 is 0 Å². The largest absolute Gasteiger partial charge is 0.454 e. The molecule has 0 bridgehead atoms. The Labute approximate surface area is 88.7 Å². The number of ether oxygens (including phenoxy) is 2. The average molecular weight is 260 g/mol. The van der Waals surface area contributed by atoms with Crippen molar-refractivity contribution in [1.29, 1.82) is 0 Å². The molecule has 0 aromatic carbocycles. The number of pyridine rings is 1. The minimum absolute atomic E-state index is 0.163. The van der Waals surface area contributed by atoms with Crippen LogP contribution in [0.15, 0.2) is 23.2 Å². The zero-order valence-corrected chi connectivity index (χ0v) is 8.92. The Kier molecular flexibility index (Phi) is 2.41. The van der Waals surface area contributed by atoms with Crippen LogP contribution in [0.3, 0.4) is 0 Å². The molecule has 1 aromatic heterocycles. The second-order valence-electron chi connectivity index (χ2n) is 2.81. The van der Waals surface area contributed by atoms with Gasteiger partial charge in [0.05, 0.1) is 0 Å². The number of hydrogen-bond acceptors (Lipinski definition) is 3. The molecule has 1 aliphatic heterocycles. The van der Waals surface area contributed by atoms with E-state index in [1.54, 1.807) is 6.92 Å². The molecule has 0 saturated carbocycles. The van der Waals surface area contributed by atoms with E-state index in [-0.39, 0.29) is 5.69 Å². The third kappa shape index (κ3) is 1.48. The van der Waals surface area contributed by atoms with Gasteiger partial charge in [-0.25, -0.2) is 9.37 Å². The van der Waals surface area contributed by atoms with Crippen LogP contribution in [0.25, 0.3) is 0 Å². The lowest BCUT2D eigenvalue weighted by Crippen LogP contribution is -2.06. The fourth-order valence-electron chi connectivity index (χ4n) is 1.11. The highest BCUT2D eigenvalue weighted by Crippen LogP contribution is 2.28. The summed E-state index contributed by atoms with van der Waals surface area (Å²) < 4.78 is 24.3. The van der Waals surface area contributed by atoms with Crippen LogP contribution in [0.5, 0.6) is 0 Å². The van der Waals surface area contributed by atoms with Crippen LogP contribution in [0.2, 0.25) is 0 Å². The molecular weight excluding hydrogens is 253 g/mol. The molecule has 3 nitrogen and oxygen atoms in total. The lowest BCUT2D eigenvalue weighted by Gasteiger charge is -2.11. The number of halogens is 2. The minimum Gasteiger partial charge on any atom is -0.454 e. The van der Waals surface area contributed by atoms with Crippen LogP contribution in [0.4, 0.5) is 4.39 Å². The normalized spacial score (nSPS) is 15.4. The second kappa shape index (κ2) is 3.57. The van der Waals surface area contributed by atoms with E-state index in [0.29, 0.717) is 10.0 Å². The Bertz CT molecular complexity index is 387. The van der Waals surface area contributed by atoms with Gasteiger partial charge in [-0.1, -0.05) is 0 Å². The van der Waals surface area contributed by atoms with Gasteiger partial charge in [-0.2, -0.15) is 0 Å². The topological polar surface area (TPSA) is 31.4 Å².